The monoisotopic (exact) mass is 250 g/mol. The summed E-state index contributed by atoms with van der Waals surface area (Å²) in [5.41, 5.74) is -0.240. The molecule has 0 aliphatic heterocycles. The number of carbonyl (C=O) groups is 2. The van der Waals surface area contributed by atoms with E-state index in [1.807, 2.05) is 20.8 Å². The van der Waals surface area contributed by atoms with E-state index in [9.17, 15) is 14.7 Å². The first-order valence-electron chi connectivity index (χ1n) is 5.62. The van der Waals surface area contributed by atoms with Crippen molar-refractivity contribution in [1.29, 1.82) is 0 Å². The fourth-order valence-corrected chi connectivity index (χ4v) is 1.44. The number of carbonyl (C=O) groups excluding carboxylic acids is 2. The van der Waals surface area contributed by atoms with Crippen LogP contribution in [0.15, 0.2) is 24.3 Å². The summed E-state index contributed by atoms with van der Waals surface area (Å²) in [6.45, 7) is 5.63. The van der Waals surface area contributed by atoms with Gasteiger partial charge in [-0.2, -0.15) is 0 Å². The van der Waals surface area contributed by atoms with E-state index in [2.05, 4.69) is 0 Å². The molecule has 2 amide bonds. The van der Waals surface area contributed by atoms with Crippen molar-refractivity contribution in [3.63, 3.8) is 0 Å². The normalized spacial score (nSPS) is 11.1. The SMILES string of the molecule is CC(C)(C)CC(=O)N(N)C(=O)c1ccccc1O. The van der Waals surface area contributed by atoms with Crippen LogP contribution in [0.25, 0.3) is 0 Å². The van der Waals surface area contributed by atoms with E-state index in [0.717, 1.165) is 0 Å². The van der Waals surface area contributed by atoms with E-state index in [0.29, 0.717) is 5.01 Å². The molecule has 1 rings (SSSR count). The first-order valence-corrected chi connectivity index (χ1v) is 5.62. The Labute approximate surface area is 106 Å². The lowest BCUT2D eigenvalue weighted by Gasteiger charge is -2.21. The molecule has 0 fully saturated rings. The number of aromatic hydroxyl groups is 1. The predicted octanol–water partition coefficient (Wildman–Crippen LogP) is 1.67. The molecule has 0 bridgehead atoms. The van der Waals surface area contributed by atoms with E-state index >= 15 is 0 Å². The van der Waals surface area contributed by atoms with E-state index in [1.165, 1.54) is 12.1 Å². The van der Waals surface area contributed by atoms with Gasteiger partial charge in [0.15, 0.2) is 0 Å². The molecule has 0 unspecified atom stereocenters. The number of rotatable bonds is 2. The Kier molecular flexibility index (Phi) is 4.08. The Morgan fingerprint density at radius 1 is 1.28 bits per heavy atom. The van der Waals surface area contributed by atoms with Crippen molar-refractivity contribution in [2.45, 2.75) is 27.2 Å². The minimum Gasteiger partial charge on any atom is -0.507 e. The first-order chi connectivity index (χ1) is 8.22. The zero-order chi connectivity index (χ0) is 13.9. The Morgan fingerprint density at radius 2 is 1.83 bits per heavy atom. The third-order valence-corrected chi connectivity index (χ3v) is 2.30. The van der Waals surface area contributed by atoms with Crippen LogP contribution in [0, 0.1) is 5.41 Å². The zero-order valence-corrected chi connectivity index (χ0v) is 10.8. The summed E-state index contributed by atoms with van der Waals surface area (Å²) in [4.78, 5) is 23.7. The molecule has 5 heteroatoms. The van der Waals surface area contributed by atoms with Gasteiger partial charge in [-0.1, -0.05) is 32.9 Å². The van der Waals surface area contributed by atoms with Crippen LogP contribution in [0.1, 0.15) is 37.6 Å². The number of hydrogen-bond acceptors (Lipinski definition) is 4. The molecule has 0 spiro atoms. The smallest absolute Gasteiger partial charge is 0.278 e. The van der Waals surface area contributed by atoms with Crippen LogP contribution in [0.3, 0.4) is 0 Å². The molecule has 1 aromatic rings. The quantitative estimate of drug-likeness (QED) is 0.475. The summed E-state index contributed by atoms with van der Waals surface area (Å²) in [5.74, 6) is 4.12. The summed E-state index contributed by atoms with van der Waals surface area (Å²) >= 11 is 0. The van der Waals surface area contributed by atoms with Crippen molar-refractivity contribution in [2.24, 2.45) is 11.3 Å². The highest BCUT2D eigenvalue weighted by Crippen LogP contribution is 2.21. The van der Waals surface area contributed by atoms with E-state index < -0.39 is 11.8 Å². The maximum atomic E-state index is 11.9. The van der Waals surface area contributed by atoms with Crippen LogP contribution in [-0.4, -0.2) is 21.9 Å². The highest BCUT2D eigenvalue weighted by molar-refractivity contribution is 6.05. The van der Waals surface area contributed by atoms with Gasteiger partial charge in [0, 0.05) is 6.42 Å². The van der Waals surface area contributed by atoms with Gasteiger partial charge in [-0.25, -0.2) is 10.9 Å². The van der Waals surface area contributed by atoms with Gasteiger partial charge < -0.3 is 5.11 Å². The number of para-hydroxylation sites is 1. The topological polar surface area (TPSA) is 83.6 Å². The van der Waals surface area contributed by atoms with E-state index in [4.69, 9.17) is 5.84 Å². The highest BCUT2D eigenvalue weighted by atomic mass is 16.3. The van der Waals surface area contributed by atoms with Gasteiger partial charge >= 0.3 is 0 Å². The third-order valence-electron chi connectivity index (χ3n) is 2.30. The maximum absolute atomic E-state index is 11.9. The molecule has 98 valence electrons. The van der Waals surface area contributed by atoms with Gasteiger partial charge in [0.2, 0.25) is 5.91 Å². The highest BCUT2D eigenvalue weighted by Gasteiger charge is 2.25. The summed E-state index contributed by atoms with van der Waals surface area (Å²) < 4.78 is 0. The van der Waals surface area contributed by atoms with Crippen LogP contribution in [0.4, 0.5) is 0 Å². The number of phenols is 1. The number of hydrogen-bond donors (Lipinski definition) is 2. The minimum absolute atomic E-state index is 0.0160. The van der Waals surface area contributed by atoms with E-state index in [-0.39, 0.29) is 23.1 Å². The molecular formula is C13H18N2O3. The Morgan fingerprint density at radius 3 is 2.33 bits per heavy atom. The van der Waals surface area contributed by atoms with Crippen molar-refractivity contribution in [3.05, 3.63) is 29.8 Å². The average Bonchev–Trinajstić information content (AvgIpc) is 2.25. The molecule has 0 aliphatic carbocycles. The standard InChI is InChI=1S/C13H18N2O3/c1-13(2,3)8-11(17)15(14)12(18)9-6-4-5-7-10(9)16/h4-7,16H,8,14H2,1-3H3. The van der Waals surface area contributed by atoms with Crippen LogP contribution in [0.5, 0.6) is 5.75 Å². The molecule has 5 nitrogen and oxygen atoms in total. The maximum Gasteiger partial charge on any atom is 0.278 e. The van der Waals surface area contributed by atoms with E-state index in [1.54, 1.807) is 12.1 Å². The predicted molar refractivity (Wildman–Crippen MR) is 67.5 cm³/mol. The largest absolute Gasteiger partial charge is 0.507 e. The summed E-state index contributed by atoms with van der Waals surface area (Å²) in [6.07, 6.45) is 0.156. The van der Waals surface area contributed by atoms with Crippen LogP contribution in [-0.2, 0) is 4.79 Å². The lowest BCUT2D eigenvalue weighted by atomic mass is 9.92. The second-order valence-corrected chi connectivity index (χ2v) is 5.32. The molecule has 0 aliphatic rings. The average molecular weight is 250 g/mol. The molecular weight excluding hydrogens is 232 g/mol. The summed E-state index contributed by atoms with van der Waals surface area (Å²) in [5, 5.41) is 10.1. The summed E-state index contributed by atoms with van der Waals surface area (Å²) in [7, 11) is 0. The summed E-state index contributed by atoms with van der Waals surface area (Å²) in [6, 6.07) is 5.97. The van der Waals surface area contributed by atoms with Crippen molar-refractivity contribution in [3.8, 4) is 5.75 Å². The minimum atomic E-state index is -0.706. The molecule has 0 saturated carbocycles. The lowest BCUT2D eigenvalue weighted by Crippen LogP contribution is -2.43. The van der Waals surface area contributed by atoms with Gasteiger partial charge in [0.25, 0.3) is 5.91 Å². The number of imide groups is 1. The molecule has 0 heterocycles. The zero-order valence-electron chi connectivity index (χ0n) is 10.8. The Bertz CT molecular complexity index is 464. The molecule has 1 aromatic carbocycles. The van der Waals surface area contributed by atoms with Crippen molar-refractivity contribution in [2.75, 3.05) is 0 Å². The first kappa shape index (κ1) is 14.2. The van der Waals surface area contributed by atoms with Gasteiger partial charge in [0.05, 0.1) is 5.56 Å². The second kappa shape index (κ2) is 5.18. The number of phenolic OH excluding ortho intramolecular Hbond substituents is 1. The molecule has 0 saturated heterocycles. The fraction of sp³-hybridized carbons (Fsp3) is 0.385. The van der Waals surface area contributed by atoms with Crippen molar-refractivity contribution >= 4 is 11.8 Å². The van der Waals surface area contributed by atoms with Crippen LogP contribution < -0.4 is 5.84 Å². The number of nitrogens with two attached hydrogens (primary N) is 1. The number of hydrazine groups is 1. The third kappa shape index (κ3) is 3.56. The van der Waals surface area contributed by atoms with Crippen molar-refractivity contribution < 1.29 is 14.7 Å². The van der Waals surface area contributed by atoms with Gasteiger partial charge in [-0.3, -0.25) is 9.59 Å². The van der Waals surface area contributed by atoms with Crippen LogP contribution >= 0.6 is 0 Å². The molecule has 0 radical (unpaired) electrons. The molecule has 0 atom stereocenters. The van der Waals surface area contributed by atoms with Crippen LogP contribution in [0.2, 0.25) is 0 Å². The molecule has 0 aromatic heterocycles. The molecule has 18 heavy (non-hydrogen) atoms. The van der Waals surface area contributed by atoms with Crippen molar-refractivity contribution in [1.82, 2.24) is 5.01 Å². The fourth-order valence-electron chi connectivity index (χ4n) is 1.44. The van der Waals surface area contributed by atoms with Gasteiger partial charge in [-0.15, -0.1) is 0 Å². The number of benzene rings is 1. The lowest BCUT2D eigenvalue weighted by molar-refractivity contribution is -0.130. The number of nitrogens with zero attached hydrogens (tertiary/aromatic N) is 1. The Balaban J connectivity index is 2.85. The Hall–Kier alpha value is -1.88. The molecule has 3 N–H and O–H groups in total. The number of amides is 2. The van der Waals surface area contributed by atoms with Gasteiger partial charge in [0.1, 0.15) is 5.75 Å². The van der Waals surface area contributed by atoms with Gasteiger partial charge in [-0.05, 0) is 17.5 Å². The second-order valence-electron chi connectivity index (χ2n) is 5.32.